The summed E-state index contributed by atoms with van der Waals surface area (Å²) in [6, 6.07) is 5.89. The molecule has 0 saturated carbocycles. The fraction of sp³-hybridized carbons (Fsp3) is 0.423. The summed E-state index contributed by atoms with van der Waals surface area (Å²) in [4.78, 5) is 22.2. The predicted octanol–water partition coefficient (Wildman–Crippen LogP) is 3.12. The number of hydrogen-bond acceptors (Lipinski definition) is 7. The molecule has 0 spiro atoms. The highest BCUT2D eigenvalue weighted by atomic mass is 19.4. The number of hydrogen-bond donors (Lipinski definition) is 3. The molecule has 9 nitrogen and oxygen atoms in total. The average molecular weight is 548 g/mol. The summed E-state index contributed by atoms with van der Waals surface area (Å²) in [6.45, 7) is 1.02. The first-order valence-corrected chi connectivity index (χ1v) is 12.2. The number of piperidine rings is 1. The van der Waals surface area contributed by atoms with Gasteiger partial charge in [0, 0.05) is 26.3 Å². The molecule has 208 valence electrons. The van der Waals surface area contributed by atoms with Gasteiger partial charge in [0.15, 0.2) is 5.65 Å². The van der Waals surface area contributed by atoms with E-state index in [2.05, 4.69) is 37.8 Å². The van der Waals surface area contributed by atoms with E-state index in [1.54, 1.807) is 18.2 Å². The minimum absolute atomic E-state index is 0.0244. The van der Waals surface area contributed by atoms with E-state index >= 15 is 0 Å². The minimum Gasteiger partial charge on any atom is -0.480 e. The number of alkyl halides is 4. The number of rotatable bonds is 7. The van der Waals surface area contributed by atoms with Gasteiger partial charge in [-0.05, 0) is 43.7 Å². The molecule has 0 radical (unpaired) electrons. The van der Waals surface area contributed by atoms with Crippen molar-refractivity contribution in [3.05, 3.63) is 47.5 Å². The summed E-state index contributed by atoms with van der Waals surface area (Å²) < 4.78 is 61.6. The molecule has 0 unspecified atom stereocenters. The van der Waals surface area contributed by atoms with E-state index in [0.717, 1.165) is 0 Å². The molecular formula is C26H29F4N7O2. The lowest BCUT2D eigenvalue weighted by molar-refractivity contribution is -0.128. The van der Waals surface area contributed by atoms with E-state index in [1.165, 1.54) is 30.8 Å². The molecule has 3 aromatic rings. The van der Waals surface area contributed by atoms with E-state index in [9.17, 15) is 22.4 Å². The van der Waals surface area contributed by atoms with Gasteiger partial charge in [-0.2, -0.15) is 13.2 Å². The quantitative estimate of drug-likeness (QED) is 0.309. The summed E-state index contributed by atoms with van der Waals surface area (Å²) in [5.74, 6) is 5.32. The van der Waals surface area contributed by atoms with E-state index in [0.29, 0.717) is 24.3 Å². The Labute approximate surface area is 222 Å². The van der Waals surface area contributed by atoms with Gasteiger partial charge in [-0.15, -0.1) is 0 Å². The zero-order valence-electron chi connectivity index (χ0n) is 21.7. The number of likely N-dealkylation sites (tertiary alicyclic amines) is 1. The van der Waals surface area contributed by atoms with Crippen molar-refractivity contribution < 1.29 is 27.1 Å². The van der Waals surface area contributed by atoms with Gasteiger partial charge in [0.2, 0.25) is 5.88 Å². The first kappa shape index (κ1) is 28.0. The Kier molecular flexibility index (Phi) is 8.44. The fourth-order valence-corrected chi connectivity index (χ4v) is 4.36. The second-order valence-corrected chi connectivity index (χ2v) is 9.12. The Morgan fingerprint density at radius 1 is 1.23 bits per heavy atom. The van der Waals surface area contributed by atoms with Crippen LogP contribution in [-0.2, 0) is 6.42 Å². The van der Waals surface area contributed by atoms with Crippen LogP contribution in [0.3, 0.4) is 0 Å². The number of aromatic nitrogens is 3. The normalized spacial score (nSPS) is 17.8. The summed E-state index contributed by atoms with van der Waals surface area (Å²) in [5, 5.41) is 8.60. The molecule has 1 aliphatic heterocycles. The van der Waals surface area contributed by atoms with Crippen LogP contribution in [0.5, 0.6) is 5.88 Å². The number of imidazole rings is 1. The lowest BCUT2D eigenvalue weighted by atomic mass is 10.0. The molecule has 0 aromatic carbocycles. The van der Waals surface area contributed by atoms with Crippen molar-refractivity contribution in [3.63, 3.8) is 0 Å². The summed E-state index contributed by atoms with van der Waals surface area (Å²) in [7, 11) is 4.72. The Morgan fingerprint density at radius 3 is 2.72 bits per heavy atom. The number of nitrogens with one attached hydrogen (secondary N) is 3. The third kappa shape index (κ3) is 6.69. The molecule has 0 aliphatic carbocycles. The van der Waals surface area contributed by atoms with Crippen LogP contribution in [0, 0.1) is 11.8 Å². The standard InChI is InChI=1S/C26H29F4N7O2/c1-31-24(38)20-8-9-21(25(35-20)39-3)32-11-4-6-18-22(14-26(28,29)30)37-12-5-7-19(23(37)34-18)33-17-10-13-36(2)15-16(17)27/h5,7-9,12,16-17,32-33H,10-11,13-15H2,1-3H3,(H,31,38)/t16-,17+/m0/s1. The number of methoxy groups -OCH3 is 1. The maximum absolute atomic E-state index is 14.6. The number of amides is 1. The number of anilines is 2. The van der Waals surface area contributed by atoms with Gasteiger partial charge < -0.3 is 30.0 Å². The maximum atomic E-state index is 14.6. The van der Waals surface area contributed by atoms with Crippen molar-refractivity contribution in [2.75, 3.05) is 51.5 Å². The summed E-state index contributed by atoms with van der Waals surface area (Å²) in [6.07, 6.45) is -4.80. The first-order valence-electron chi connectivity index (χ1n) is 12.2. The Balaban J connectivity index is 1.59. The van der Waals surface area contributed by atoms with Crippen molar-refractivity contribution in [1.82, 2.24) is 24.6 Å². The van der Waals surface area contributed by atoms with Gasteiger partial charge in [-0.3, -0.25) is 4.79 Å². The summed E-state index contributed by atoms with van der Waals surface area (Å²) in [5.41, 5.74) is 1.17. The molecule has 1 aliphatic rings. The largest absolute Gasteiger partial charge is 0.480 e. The molecule has 3 aromatic heterocycles. The number of halogens is 4. The van der Waals surface area contributed by atoms with Crippen LogP contribution in [0.4, 0.5) is 28.9 Å². The van der Waals surface area contributed by atoms with Gasteiger partial charge in [0.1, 0.15) is 17.6 Å². The number of carbonyl (C=O) groups is 1. The Morgan fingerprint density at radius 2 is 2.03 bits per heavy atom. The molecule has 39 heavy (non-hydrogen) atoms. The average Bonchev–Trinajstić information content (AvgIpc) is 3.24. The van der Waals surface area contributed by atoms with Crippen LogP contribution in [-0.4, -0.2) is 84.4 Å². The number of ether oxygens (including phenoxy) is 1. The molecule has 1 amide bonds. The van der Waals surface area contributed by atoms with Crippen LogP contribution in [0.15, 0.2) is 30.5 Å². The predicted molar refractivity (Wildman–Crippen MR) is 139 cm³/mol. The summed E-state index contributed by atoms with van der Waals surface area (Å²) >= 11 is 0. The van der Waals surface area contributed by atoms with Crippen molar-refractivity contribution >= 4 is 22.9 Å². The van der Waals surface area contributed by atoms with Gasteiger partial charge >= 0.3 is 6.18 Å². The number of nitrogens with zero attached hydrogens (tertiary/aromatic N) is 4. The first-order chi connectivity index (χ1) is 18.6. The lowest BCUT2D eigenvalue weighted by Crippen LogP contribution is -2.46. The Bertz CT molecular complexity index is 1400. The minimum atomic E-state index is -4.49. The van der Waals surface area contributed by atoms with Crippen molar-refractivity contribution in [2.24, 2.45) is 0 Å². The molecule has 4 rings (SSSR count). The highest BCUT2D eigenvalue weighted by molar-refractivity contribution is 5.92. The second kappa shape index (κ2) is 11.8. The highest BCUT2D eigenvalue weighted by Crippen LogP contribution is 2.28. The molecule has 1 saturated heterocycles. The molecule has 1 fully saturated rings. The number of fused-ring (bicyclic) bond motifs is 1. The zero-order valence-corrected chi connectivity index (χ0v) is 21.7. The SMILES string of the molecule is CNC(=O)c1ccc(NCC#Cc2nc3c(N[C@@H]4CCN(C)C[C@@H]4F)cccn3c2CC(F)(F)F)c(OC)n1. The van der Waals surface area contributed by atoms with E-state index in [-0.39, 0.29) is 47.6 Å². The van der Waals surface area contributed by atoms with Crippen molar-refractivity contribution in [1.29, 1.82) is 0 Å². The molecule has 4 heterocycles. The van der Waals surface area contributed by atoms with E-state index < -0.39 is 24.8 Å². The molecule has 13 heteroatoms. The van der Waals surface area contributed by atoms with Gasteiger partial charge in [0.25, 0.3) is 5.91 Å². The number of pyridine rings is 2. The zero-order chi connectivity index (χ0) is 28.2. The highest BCUT2D eigenvalue weighted by Gasteiger charge is 2.32. The van der Waals surface area contributed by atoms with E-state index in [1.807, 2.05) is 11.9 Å². The van der Waals surface area contributed by atoms with Gasteiger partial charge in [0.05, 0.1) is 43.2 Å². The van der Waals surface area contributed by atoms with Gasteiger partial charge in [-0.25, -0.2) is 14.4 Å². The maximum Gasteiger partial charge on any atom is 0.394 e. The Hall–Kier alpha value is -4.05. The fourth-order valence-electron chi connectivity index (χ4n) is 4.36. The molecular weight excluding hydrogens is 518 g/mol. The van der Waals surface area contributed by atoms with E-state index in [4.69, 9.17) is 4.74 Å². The van der Waals surface area contributed by atoms with Gasteiger partial charge in [-0.1, -0.05) is 5.92 Å². The topological polar surface area (TPSA) is 95.8 Å². The molecule has 2 atom stereocenters. The van der Waals surface area contributed by atoms with Crippen LogP contribution in [0.2, 0.25) is 0 Å². The van der Waals surface area contributed by atoms with Crippen LogP contribution >= 0.6 is 0 Å². The van der Waals surface area contributed by atoms with Crippen molar-refractivity contribution in [3.8, 4) is 17.7 Å². The third-order valence-corrected chi connectivity index (χ3v) is 6.29. The lowest BCUT2D eigenvalue weighted by Gasteiger charge is -2.33. The smallest absolute Gasteiger partial charge is 0.394 e. The number of carbonyl (C=O) groups excluding carboxylic acids is 1. The second-order valence-electron chi connectivity index (χ2n) is 9.12. The van der Waals surface area contributed by atoms with Crippen molar-refractivity contribution in [2.45, 2.75) is 31.2 Å². The third-order valence-electron chi connectivity index (χ3n) is 6.29. The monoisotopic (exact) mass is 547 g/mol. The van der Waals surface area contributed by atoms with Crippen LogP contribution < -0.4 is 20.7 Å². The molecule has 0 bridgehead atoms. The van der Waals surface area contributed by atoms with Crippen LogP contribution in [0.25, 0.3) is 5.65 Å². The molecule has 3 N–H and O–H groups in total. The van der Waals surface area contributed by atoms with Crippen LogP contribution in [0.1, 0.15) is 28.3 Å².